The summed E-state index contributed by atoms with van der Waals surface area (Å²) in [5.74, 6) is 0. The molecular formula is C11H24N+. The molecule has 1 heteroatoms. The van der Waals surface area contributed by atoms with E-state index in [0.29, 0.717) is 0 Å². The molecule has 2 atom stereocenters. The molecule has 1 nitrogen and oxygen atoms in total. The van der Waals surface area contributed by atoms with Crippen LogP contribution in [0.3, 0.4) is 0 Å². The van der Waals surface area contributed by atoms with Crippen LogP contribution in [-0.2, 0) is 0 Å². The van der Waals surface area contributed by atoms with E-state index in [1.54, 1.807) is 0 Å². The second-order valence-corrected chi connectivity index (χ2v) is 4.22. The standard InChI is InChI=1S/C11H23N/c1-3-5-7-11-9-8-10(12-11)6-4-2/h10-12H,3-9H2,1-2H3/p+1/t10-,11+/m1/s1. The first-order valence-corrected chi connectivity index (χ1v) is 5.71. The second kappa shape index (κ2) is 5.58. The molecule has 0 aromatic heterocycles. The summed E-state index contributed by atoms with van der Waals surface area (Å²) in [5, 5.41) is 2.64. The molecule has 0 saturated carbocycles. The lowest BCUT2D eigenvalue weighted by molar-refractivity contribution is -0.702. The molecule has 0 spiro atoms. The molecule has 0 amide bonds. The molecule has 0 bridgehead atoms. The normalized spacial score (nSPS) is 29.5. The molecule has 0 aromatic rings. The van der Waals surface area contributed by atoms with Gasteiger partial charge < -0.3 is 5.32 Å². The van der Waals surface area contributed by atoms with Crippen molar-refractivity contribution in [1.82, 2.24) is 0 Å². The van der Waals surface area contributed by atoms with E-state index in [9.17, 15) is 0 Å². The Balaban J connectivity index is 2.08. The van der Waals surface area contributed by atoms with E-state index in [-0.39, 0.29) is 0 Å². The van der Waals surface area contributed by atoms with Crippen molar-refractivity contribution in [2.24, 2.45) is 0 Å². The van der Waals surface area contributed by atoms with Gasteiger partial charge in [-0.15, -0.1) is 0 Å². The number of rotatable bonds is 5. The van der Waals surface area contributed by atoms with Gasteiger partial charge in [-0.3, -0.25) is 0 Å². The van der Waals surface area contributed by atoms with Crippen LogP contribution in [0.25, 0.3) is 0 Å². The van der Waals surface area contributed by atoms with Gasteiger partial charge in [0.1, 0.15) is 0 Å². The summed E-state index contributed by atoms with van der Waals surface area (Å²) >= 11 is 0. The lowest BCUT2D eigenvalue weighted by Gasteiger charge is -2.09. The van der Waals surface area contributed by atoms with E-state index in [1.807, 2.05) is 0 Å². The molecule has 1 aliphatic rings. The molecule has 72 valence electrons. The smallest absolute Gasteiger partial charge is 0.0863 e. The van der Waals surface area contributed by atoms with Crippen LogP contribution in [0.15, 0.2) is 0 Å². The van der Waals surface area contributed by atoms with Crippen molar-refractivity contribution in [2.75, 3.05) is 0 Å². The SMILES string of the molecule is CCCC[C@H]1CC[C@@H](CCC)[NH2+]1. The van der Waals surface area contributed by atoms with E-state index < -0.39 is 0 Å². The van der Waals surface area contributed by atoms with E-state index in [2.05, 4.69) is 19.2 Å². The first-order chi connectivity index (χ1) is 5.86. The molecule has 1 rings (SSSR count). The molecule has 1 saturated heterocycles. The molecular weight excluding hydrogens is 146 g/mol. The van der Waals surface area contributed by atoms with Gasteiger partial charge in [-0.25, -0.2) is 0 Å². The van der Waals surface area contributed by atoms with Crippen LogP contribution < -0.4 is 5.32 Å². The van der Waals surface area contributed by atoms with Crippen molar-refractivity contribution in [3.05, 3.63) is 0 Å². The van der Waals surface area contributed by atoms with Gasteiger partial charge in [0.05, 0.1) is 12.1 Å². The van der Waals surface area contributed by atoms with Crippen molar-refractivity contribution in [2.45, 2.75) is 70.9 Å². The van der Waals surface area contributed by atoms with Gasteiger partial charge >= 0.3 is 0 Å². The fourth-order valence-corrected chi connectivity index (χ4v) is 2.32. The van der Waals surface area contributed by atoms with Gasteiger partial charge in [-0.1, -0.05) is 26.7 Å². The summed E-state index contributed by atoms with van der Waals surface area (Å²) < 4.78 is 0. The van der Waals surface area contributed by atoms with Crippen molar-refractivity contribution < 1.29 is 5.32 Å². The van der Waals surface area contributed by atoms with Gasteiger partial charge in [0.2, 0.25) is 0 Å². The van der Waals surface area contributed by atoms with Crippen molar-refractivity contribution >= 4 is 0 Å². The summed E-state index contributed by atoms with van der Waals surface area (Å²) in [6.45, 7) is 4.59. The zero-order valence-electron chi connectivity index (χ0n) is 8.68. The maximum atomic E-state index is 2.64. The zero-order valence-corrected chi connectivity index (χ0v) is 8.68. The number of unbranched alkanes of at least 4 members (excludes halogenated alkanes) is 1. The molecule has 0 aliphatic carbocycles. The van der Waals surface area contributed by atoms with Crippen LogP contribution in [0.2, 0.25) is 0 Å². The minimum atomic E-state index is 0.969. The molecule has 0 radical (unpaired) electrons. The number of hydrogen-bond donors (Lipinski definition) is 1. The quantitative estimate of drug-likeness (QED) is 0.650. The van der Waals surface area contributed by atoms with Crippen molar-refractivity contribution in [3.8, 4) is 0 Å². The summed E-state index contributed by atoms with van der Waals surface area (Å²) in [4.78, 5) is 0. The largest absolute Gasteiger partial charge is 0.341 e. The Morgan fingerprint density at radius 2 is 1.67 bits per heavy atom. The van der Waals surface area contributed by atoms with Gasteiger partial charge in [0.15, 0.2) is 0 Å². The summed E-state index contributed by atoms with van der Waals surface area (Å²) in [6, 6.07) is 1.94. The van der Waals surface area contributed by atoms with E-state index >= 15 is 0 Å². The summed E-state index contributed by atoms with van der Waals surface area (Å²) in [6.07, 6.45) is 10.00. The lowest BCUT2D eigenvalue weighted by Crippen LogP contribution is -2.91. The Morgan fingerprint density at radius 1 is 1.00 bits per heavy atom. The van der Waals surface area contributed by atoms with Gasteiger partial charge in [-0.05, 0) is 19.3 Å². The van der Waals surface area contributed by atoms with Gasteiger partial charge in [-0.2, -0.15) is 0 Å². The third-order valence-corrected chi connectivity index (χ3v) is 3.04. The third-order valence-electron chi connectivity index (χ3n) is 3.04. The van der Waals surface area contributed by atoms with Crippen LogP contribution in [-0.4, -0.2) is 12.1 Å². The Morgan fingerprint density at radius 3 is 2.25 bits per heavy atom. The Kier molecular flexibility index (Phi) is 4.67. The third kappa shape index (κ3) is 3.14. The van der Waals surface area contributed by atoms with Crippen LogP contribution in [0.1, 0.15) is 58.8 Å². The molecule has 1 fully saturated rings. The van der Waals surface area contributed by atoms with E-state index in [0.717, 1.165) is 12.1 Å². The Labute approximate surface area is 76.9 Å². The number of hydrogen-bond acceptors (Lipinski definition) is 0. The molecule has 1 heterocycles. The minimum absolute atomic E-state index is 0.969. The highest BCUT2D eigenvalue weighted by Crippen LogP contribution is 2.12. The Hall–Kier alpha value is -0.0400. The first kappa shape index (κ1) is 10.0. The van der Waals surface area contributed by atoms with Crippen LogP contribution in [0, 0.1) is 0 Å². The predicted molar refractivity (Wildman–Crippen MR) is 53.2 cm³/mol. The first-order valence-electron chi connectivity index (χ1n) is 5.71. The molecule has 0 aromatic carbocycles. The average Bonchev–Trinajstić information content (AvgIpc) is 2.50. The maximum absolute atomic E-state index is 2.64. The number of nitrogens with two attached hydrogens (primary N) is 1. The zero-order chi connectivity index (χ0) is 8.81. The van der Waals surface area contributed by atoms with Crippen LogP contribution in [0.5, 0.6) is 0 Å². The minimum Gasteiger partial charge on any atom is -0.341 e. The van der Waals surface area contributed by atoms with Gasteiger partial charge in [0.25, 0.3) is 0 Å². The summed E-state index contributed by atoms with van der Waals surface area (Å²) in [7, 11) is 0. The fraction of sp³-hybridized carbons (Fsp3) is 1.00. The maximum Gasteiger partial charge on any atom is 0.0863 e. The monoisotopic (exact) mass is 170 g/mol. The summed E-state index contributed by atoms with van der Waals surface area (Å²) in [5.41, 5.74) is 0. The highest BCUT2D eigenvalue weighted by molar-refractivity contribution is 4.67. The Bertz CT molecular complexity index is 112. The highest BCUT2D eigenvalue weighted by atomic mass is 15.0. The van der Waals surface area contributed by atoms with Crippen molar-refractivity contribution in [1.29, 1.82) is 0 Å². The topological polar surface area (TPSA) is 16.6 Å². The molecule has 2 N–H and O–H groups in total. The average molecular weight is 170 g/mol. The van der Waals surface area contributed by atoms with E-state index in [1.165, 1.54) is 44.9 Å². The molecule has 12 heavy (non-hydrogen) atoms. The fourth-order valence-electron chi connectivity index (χ4n) is 2.32. The van der Waals surface area contributed by atoms with Crippen molar-refractivity contribution in [3.63, 3.8) is 0 Å². The number of quaternary nitrogens is 1. The van der Waals surface area contributed by atoms with Crippen LogP contribution in [0.4, 0.5) is 0 Å². The van der Waals surface area contributed by atoms with Crippen LogP contribution >= 0.6 is 0 Å². The molecule has 1 aliphatic heterocycles. The predicted octanol–water partition coefficient (Wildman–Crippen LogP) is 2.07. The van der Waals surface area contributed by atoms with Gasteiger partial charge in [0, 0.05) is 12.8 Å². The van der Waals surface area contributed by atoms with E-state index in [4.69, 9.17) is 0 Å². The second-order valence-electron chi connectivity index (χ2n) is 4.22. The lowest BCUT2D eigenvalue weighted by atomic mass is 10.1. The molecule has 0 unspecified atom stereocenters. The highest BCUT2D eigenvalue weighted by Gasteiger charge is 2.26.